The van der Waals surface area contributed by atoms with Gasteiger partial charge < -0.3 is 10.4 Å². The summed E-state index contributed by atoms with van der Waals surface area (Å²) in [4.78, 5) is 45.5. The van der Waals surface area contributed by atoms with E-state index in [9.17, 15) is 43.3 Å². The van der Waals surface area contributed by atoms with Gasteiger partial charge in [0.05, 0.1) is 22.0 Å². The van der Waals surface area contributed by atoms with E-state index < -0.39 is 60.1 Å². The molecule has 1 aliphatic rings. The van der Waals surface area contributed by atoms with Crippen LogP contribution < -0.4 is 5.32 Å². The fourth-order valence-electron chi connectivity index (χ4n) is 4.05. The van der Waals surface area contributed by atoms with E-state index in [-0.39, 0.29) is 30.1 Å². The standard InChI is InChI=1S/C22H24N4O9S/c1-2-3-8-18(22(28)29)24(21(27)17-11-14-6-4-5-7-15(14)13-23-17)36(34,35)20-10-9-16(25(30)31)12-19(20)26(32)33/h4-7,9-10,12,17-18,23H,2-3,8,11,13H2,1H3,(H,28,29)/t17-,18-/m0/s1. The summed E-state index contributed by atoms with van der Waals surface area (Å²) in [6.07, 6.45) is 0.614. The molecule has 192 valence electrons. The van der Waals surface area contributed by atoms with Crippen LogP contribution in [0, 0.1) is 20.2 Å². The predicted molar refractivity (Wildman–Crippen MR) is 126 cm³/mol. The van der Waals surface area contributed by atoms with E-state index in [1.165, 1.54) is 0 Å². The summed E-state index contributed by atoms with van der Waals surface area (Å²) >= 11 is 0. The summed E-state index contributed by atoms with van der Waals surface area (Å²) in [6.45, 7) is 1.98. The lowest BCUT2D eigenvalue weighted by Gasteiger charge is -2.33. The van der Waals surface area contributed by atoms with Crippen molar-refractivity contribution in [3.63, 3.8) is 0 Å². The van der Waals surface area contributed by atoms with E-state index in [0.29, 0.717) is 18.6 Å². The number of non-ortho nitro benzene ring substituents is 1. The first-order chi connectivity index (χ1) is 17.0. The minimum Gasteiger partial charge on any atom is -0.480 e. The number of carboxylic acids is 1. The van der Waals surface area contributed by atoms with Crippen LogP contribution in [0.1, 0.15) is 37.3 Å². The molecule has 0 aliphatic carbocycles. The summed E-state index contributed by atoms with van der Waals surface area (Å²) < 4.78 is 27.6. The quantitative estimate of drug-likeness (QED) is 0.347. The molecule has 0 aromatic heterocycles. The fourth-order valence-corrected chi connectivity index (χ4v) is 5.79. The number of hydrogen-bond donors (Lipinski definition) is 2. The van der Waals surface area contributed by atoms with E-state index in [4.69, 9.17) is 0 Å². The number of carbonyl (C=O) groups excluding carboxylic acids is 1. The van der Waals surface area contributed by atoms with E-state index in [0.717, 1.165) is 17.2 Å². The van der Waals surface area contributed by atoms with Crippen molar-refractivity contribution < 1.29 is 33.0 Å². The SMILES string of the molecule is CCCC[C@@H](C(=O)O)N(C(=O)[C@@H]1Cc2ccccc2CN1)S(=O)(=O)c1ccc([N+](=O)[O-])cc1[N+](=O)[O-]. The Kier molecular flexibility index (Phi) is 8.00. The molecule has 2 N–H and O–H groups in total. The number of unbranched alkanes of at least 4 members (excludes halogenated alkanes) is 1. The summed E-state index contributed by atoms with van der Waals surface area (Å²) in [5, 5.41) is 35.5. The van der Waals surface area contributed by atoms with Gasteiger partial charge in [0.15, 0.2) is 4.90 Å². The van der Waals surface area contributed by atoms with Gasteiger partial charge in [-0.05, 0) is 30.0 Å². The second kappa shape index (κ2) is 10.8. The molecule has 14 heteroatoms. The third kappa shape index (κ3) is 5.33. The molecule has 0 saturated carbocycles. The van der Waals surface area contributed by atoms with Crippen molar-refractivity contribution in [2.75, 3.05) is 0 Å². The first-order valence-electron chi connectivity index (χ1n) is 11.0. The highest BCUT2D eigenvalue weighted by Gasteiger charge is 2.45. The van der Waals surface area contributed by atoms with Crippen LogP contribution in [0.4, 0.5) is 11.4 Å². The summed E-state index contributed by atoms with van der Waals surface area (Å²) in [7, 11) is -5.12. The van der Waals surface area contributed by atoms with Crippen LogP contribution in [0.2, 0.25) is 0 Å². The van der Waals surface area contributed by atoms with Crippen molar-refractivity contribution in [3.8, 4) is 0 Å². The smallest absolute Gasteiger partial charge is 0.327 e. The number of benzene rings is 2. The van der Waals surface area contributed by atoms with E-state index in [1.54, 1.807) is 25.1 Å². The molecule has 0 radical (unpaired) electrons. The van der Waals surface area contributed by atoms with Crippen molar-refractivity contribution >= 4 is 33.3 Å². The zero-order chi connectivity index (χ0) is 26.6. The van der Waals surface area contributed by atoms with Crippen molar-refractivity contribution in [1.82, 2.24) is 9.62 Å². The number of nitrogens with one attached hydrogen (secondary N) is 1. The molecule has 0 unspecified atom stereocenters. The number of nitro benzene ring substituents is 2. The number of rotatable bonds is 10. The van der Waals surface area contributed by atoms with Crippen LogP contribution in [-0.4, -0.2) is 51.6 Å². The highest BCUT2D eigenvalue weighted by molar-refractivity contribution is 7.89. The molecule has 2 atom stereocenters. The lowest BCUT2D eigenvalue weighted by molar-refractivity contribution is -0.396. The zero-order valence-corrected chi connectivity index (χ0v) is 20.0. The molecule has 2 aromatic carbocycles. The third-order valence-electron chi connectivity index (χ3n) is 5.88. The molecule has 0 saturated heterocycles. The third-order valence-corrected chi connectivity index (χ3v) is 7.74. The second-order valence-corrected chi connectivity index (χ2v) is 9.99. The van der Waals surface area contributed by atoms with E-state index >= 15 is 0 Å². The van der Waals surface area contributed by atoms with Crippen LogP contribution in [0.3, 0.4) is 0 Å². The van der Waals surface area contributed by atoms with E-state index in [2.05, 4.69) is 5.32 Å². The minimum absolute atomic E-state index is 0.0729. The number of fused-ring (bicyclic) bond motifs is 1. The van der Waals surface area contributed by atoms with E-state index in [1.807, 2.05) is 6.07 Å². The molecule has 13 nitrogen and oxygen atoms in total. The number of nitrogens with zero attached hydrogens (tertiary/aromatic N) is 3. The van der Waals surface area contributed by atoms with Crippen LogP contribution >= 0.6 is 0 Å². The Morgan fingerprint density at radius 2 is 1.81 bits per heavy atom. The normalized spacial score (nSPS) is 16.0. The van der Waals surface area contributed by atoms with Gasteiger partial charge in [0.25, 0.3) is 27.3 Å². The Balaban J connectivity index is 2.14. The molecular formula is C22H24N4O9S. The molecule has 3 rings (SSSR count). The number of carbonyl (C=O) groups is 2. The fraction of sp³-hybridized carbons (Fsp3) is 0.364. The first-order valence-corrected chi connectivity index (χ1v) is 12.5. The maximum absolute atomic E-state index is 13.7. The Morgan fingerprint density at radius 1 is 1.14 bits per heavy atom. The van der Waals surface area contributed by atoms with Crippen molar-refractivity contribution in [2.24, 2.45) is 0 Å². The number of hydrogen-bond acceptors (Lipinski definition) is 9. The highest BCUT2D eigenvalue weighted by atomic mass is 32.2. The van der Waals surface area contributed by atoms with Gasteiger partial charge in [-0.15, -0.1) is 0 Å². The van der Waals surface area contributed by atoms with Gasteiger partial charge in [-0.3, -0.25) is 25.0 Å². The molecule has 1 heterocycles. The number of amides is 1. The number of aliphatic carboxylic acids is 1. The van der Waals surface area contributed by atoms with Gasteiger partial charge in [-0.1, -0.05) is 44.0 Å². The van der Waals surface area contributed by atoms with Crippen molar-refractivity contribution in [2.45, 2.75) is 56.1 Å². The minimum atomic E-state index is -5.12. The Labute approximate surface area is 206 Å². The summed E-state index contributed by atoms with van der Waals surface area (Å²) in [5.41, 5.74) is -0.204. The van der Waals surface area contributed by atoms with Gasteiger partial charge >= 0.3 is 5.97 Å². The first kappa shape index (κ1) is 26.7. The lowest BCUT2D eigenvalue weighted by Crippen LogP contribution is -2.56. The highest BCUT2D eigenvalue weighted by Crippen LogP contribution is 2.33. The molecule has 1 amide bonds. The zero-order valence-electron chi connectivity index (χ0n) is 19.2. The molecule has 0 bridgehead atoms. The van der Waals surface area contributed by atoms with Gasteiger partial charge in [-0.2, -0.15) is 0 Å². The monoisotopic (exact) mass is 520 g/mol. The maximum atomic E-state index is 13.7. The van der Waals surface area contributed by atoms with Gasteiger partial charge in [0.2, 0.25) is 0 Å². The average Bonchev–Trinajstić information content (AvgIpc) is 2.85. The van der Waals surface area contributed by atoms with Gasteiger partial charge in [-0.25, -0.2) is 17.5 Å². The Morgan fingerprint density at radius 3 is 2.39 bits per heavy atom. The van der Waals surface area contributed by atoms with Crippen LogP contribution in [0.5, 0.6) is 0 Å². The molecule has 0 spiro atoms. The molecule has 2 aromatic rings. The predicted octanol–water partition coefficient (Wildman–Crippen LogP) is 2.38. The van der Waals surface area contributed by atoms with Gasteiger partial charge in [0, 0.05) is 12.6 Å². The van der Waals surface area contributed by atoms with Crippen LogP contribution in [0.25, 0.3) is 0 Å². The van der Waals surface area contributed by atoms with Gasteiger partial charge in [0.1, 0.15) is 6.04 Å². The number of carboxylic acid groups (broad SMARTS) is 1. The molecule has 0 fully saturated rings. The molecular weight excluding hydrogens is 496 g/mol. The largest absolute Gasteiger partial charge is 0.480 e. The second-order valence-electron chi connectivity index (χ2n) is 8.21. The average molecular weight is 521 g/mol. The summed E-state index contributed by atoms with van der Waals surface area (Å²) in [6, 6.07) is 6.06. The van der Waals surface area contributed by atoms with Crippen molar-refractivity contribution in [1.29, 1.82) is 0 Å². The summed E-state index contributed by atoms with van der Waals surface area (Å²) in [5.74, 6) is -2.68. The number of nitro groups is 2. The molecule has 36 heavy (non-hydrogen) atoms. The number of sulfonamides is 1. The maximum Gasteiger partial charge on any atom is 0.327 e. The van der Waals surface area contributed by atoms with Crippen LogP contribution in [-0.2, 0) is 32.6 Å². The Hall–Kier alpha value is -3.91. The topological polar surface area (TPSA) is 190 Å². The Bertz CT molecular complexity index is 1310. The molecule has 1 aliphatic heterocycles. The lowest BCUT2D eigenvalue weighted by atomic mass is 9.95. The van der Waals surface area contributed by atoms with Crippen LogP contribution in [0.15, 0.2) is 47.4 Å². The van der Waals surface area contributed by atoms with Crippen molar-refractivity contribution in [3.05, 3.63) is 73.8 Å².